The molecule has 1 atom stereocenters. The third kappa shape index (κ3) is 5.71. The summed E-state index contributed by atoms with van der Waals surface area (Å²) in [7, 11) is -1.07. The van der Waals surface area contributed by atoms with Gasteiger partial charge in [0.2, 0.25) is 0 Å². The van der Waals surface area contributed by atoms with E-state index >= 15 is 0 Å². The Balaban J connectivity index is 2.54. The van der Waals surface area contributed by atoms with Crippen LogP contribution in [0.15, 0.2) is 24.3 Å². The molecule has 0 unspecified atom stereocenters. The number of sulfone groups is 1. The van der Waals surface area contributed by atoms with Gasteiger partial charge in [-0.15, -0.1) is 0 Å². The fourth-order valence-corrected chi connectivity index (χ4v) is 2.40. The molecule has 0 aliphatic carbocycles. The minimum absolute atomic E-state index is 0.113. The van der Waals surface area contributed by atoms with Gasteiger partial charge in [0.05, 0.1) is 5.75 Å². The van der Waals surface area contributed by atoms with Crippen molar-refractivity contribution in [1.82, 2.24) is 4.90 Å². The highest BCUT2D eigenvalue weighted by Gasteiger charge is 2.14. The van der Waals surface area contributed by atoms with E-state index in [-0.39, 0.29) is 11.8 Å². The Kier molecular flexibility index (Phi) is 5.71. The maximum atomic E-state index is 11.2. The van der Waals surface area contributed by atoms with Crippen molar-refractivity contribution in [2.45, 2.75) is 19.4 Å². The number of nitrogens with one attached hydrogen (secondary N) is 1. The van der Waals surface area contributed by atoms with E-state index in [0.29, 0.717) is 24.4 Å². The molecule has 5 nitrogen and oxygen atoms in total. The largest absolute Gasteiger partial charge is 0.399 e. The van der Waals surface area contributed by atoms with Crippen LogP contribution in [0, 0.1) is 5.41 Å². The molecule has 0 fully saturated rings. The summed E-state index contributed by atoms with van der Waals surface area (Å²) in [6, 6.07) is 7.34. The van der Waals surface area contributed by atoms with E-state index in [9.17, 15) is 8.42 Å². The molecule has 1 rings (SSSR count). The molecule has 0 aliphatic rings. The van der Waals surface area contributed by atoms with Crippen LogP contribution in [-0.4, -0.2) is 50.7 Å². The number of rotatable bonds is 7. The number of benzene rings is 1. The van der Waals surface area contributed by atoms with E-state index in [1.54, 1.807) is 12.1 Å². The third-order valence-electron chi connectivity index (χ3n) is 3.33. The molecule has 20 heavy (non-hydrogen) atoms. The van der Waals surface area contributed by atoms with Crippen molar-refractivity contribution < 1.29 is 8.42 Å². The van der Waals surface area contributed by atoms with E-state index in [1.165, 1.54) is 6.26 Å². The van der Waals surface area contributed by atoms with Crippen LogP contribution in [-0.2, 0) is 9.84 Å². The average Bonchev–Trinajstić information content (AvgIpc) is 2.35. The van der Waals surface area contributed by atoms with Gasteiger partial charge in [-0.2, -0.15) is 0 Å². The summed E-state index contributed by atoms with van der Waals surface area (Å²) in [6.45, 7) is 2.48. The molecule has 0 heterocycles. The zero-order chi connectivity index (χ0) is 15.3. The smallest absolute Gasteiger partial charge is 0.148 e. The summed E-state index contributed by atoms with van der Waals surface area (Å²) in [5.74, 6) is 0.142. The molecule has 0 spiro atoms. The Morgan fingerprint density at radius 3 is 2.40 bits per heavy atom. The molecular formula is C14H23N3O2S. The van der Waals surface area contributed by atoms with Crippen LogP contribution in [0.1, 0.15) is 18.9 Å². The van der Waals surface area contributed by atoms with Crippen molar-refractivity contribution in [1.29, 1.82) is 5.41 Å². The molecule has 0 radical (unpaired) electrons. The minimum Gasteiger partial charge on any atom is -0.399 e. The molecular weight excluding hydrogens is 274 g/mol. The first-order chi connectivity index (χ1) is 9.19. The van der Waals surface area contributed by atoms with E-state index in [2.05, 4.69) is 0 Å². The van der Waals surface area contributed by atoms with Crippen LogP contribution in [0.4, 0.5) is 5.69 Å². The van der Waals surface area contributed by atoms with Gasteiger partial charge in [0.25, 0.3) is 0 Å². The predicted octanol–water partition coefficient (Wildman–Crippen LogP) is 1.39. The topological polar surface area (TPSA) is 87.2 Å². The van der Waals surface area contributed by atoms with Crippen molar-refractivity contribution in [2.75, 3.05) is 31.3 Å². The molecule has 0 bridgehead atoms. The van der Waals surface area contributed by atoms with Gasteiger partial charge in [0.1, 0.15) is 9.84 Å². The van der Waals surface area contributed by atoms with Crippen LogP contribution >= 0.6 is 0 Å². The number of nitrogens with zero attached hydrogens (tertiary/aromatic N) is 1. The van der Waals surface area contributed by atoms with Crippen molar-refractivity contribution in [3.8, 4) is 0 Å². The molecule has 6 heteroatoms. The second kappa shape index (κ2) is 6.85. The Labute approximate surface area is 121 Å². The summed E-state index contributed by atoms with van der Waals surface area (Å²) < 4.78 is 22.3. The van der Waals surface area contributed by atoms with Gasteiger partial charge in [-0.25, -0.2) is 8.42 Å². The highest BCUT2D eigenvalue weighted by Crippen LogP contribution is 2.11. The van der Waals surface area contributed by atoms with E-state index < -0.39 is 9.84 Å². The van der Waals surface area contributed by atoms with Crippen LogP contribution < -0.4 is 5.73 Å². The highest BCUT2D eigenvalue weighted by molar-refractivity contribution is 7.90. The van der Waals surface area contributed by atoms with Crippen LogP contribution in [0.2, 0.25) is 0 Å². The zero-order valence-corrected chi connectivity index (χ0v) is 13.1. The van der Waals surface area contributed by atoms with Crippen LogP contribution in [0.5, 0.6) is 0 Å². The SMILES string of the molecule is C[C@H](CC(=N)c1ccc(N)cc1)N(C)CCS(C)(=O)=O. The molecule has 0 saturated carbocycles. The van der Waals surface area contributed by atoms with Gasteiger partial charge in [-0.05, 0) is 31.7 Å². The predicted molar refractivity (Wildman–Crippen MR) is 84.1 cm³/mol. The van der Waals surface area contributed by atoms with Gasteiger partial charge in [-0.3, -0.25) is 0 Å². The first kappa shape index (κ1) is 16.7. The lowest BCUT2D eigenvalue weighted by molar-refractivity contribution is 0.278. The lowest BCUT2D eigenvalue weighted by Crippen LogP contribution is -2.34. The second-order valence-corrected chi connectivity index (χ2v) is 7.52. The van der Waals surface area contributed by atoms with E-state index in [4.69, 9.17) is 11.1 Å². The summed E-state index contributed by atoms with van der Waals surface area (Å²) in [5, 5.41) is 8.09. The molecule has 1 aromatic carbocycles. The van der Waals surface area contributed by atoms with Crippen molar-refractivity contribution in [3.63, 3.8) is 0 Å². The van der Waals surface area contributed by atoms with Gasteiger partial charge >= 0.3 is 0 Å². The first-order valence-electron chi connectivity index (χ1n) is 6.50. The zero-order valence-electron chi connectivity index (χ0n) is 12.3. The monoisotopic (exact) mass is 297 g/mol. The summed E-state index contributed by atoms with van der Waals surface area (Å²) in [4.78, 5) is 1.97. The quantitative estimate of drug-likeness (QED) is 0.588. The van der Waals surface area contributed by atoms with Crippen molar-refractivity contribution >= 4 is 21.2 Å². The summed E-state index contributed by atoms with van der Waals surface area (Å²) in [5.41, 5.74) is 7.68. The minimum atomic E-state index is -2.95. The van der Waals surface area contributed by atoms with Gasteiger partial charge in [-0.1, -0.05) is 12.1 Å². The number of hydrogen-bond donors (Lipinski definition) is 2. The molecule has 0 aliphatic heterocycles. The summed E-state index contributed by atoms with van der Waals surface area (Å²) >= 11 is 0. The maximum Gasteiger partial charge on any atom is 0.148 e. The van der Waals surface area contributed by atoms with E-state index in [0.717, 1.165) is 5.56 Å². The molecule has 3 N–H and O–H groups in total. The molecule has 112 valence electrons. The lowest BCUT2D eigenvalue weighted by atomic mass is 10.0. The third-order valence-corrected chi connectivity index (χ3v) is 4.25. The molecule has 0 saturated heterocycles. The number of nitrogen functional groups attached to an aromatic ring is 1. The van der Waals surface area contributed by atoms with Crippen molar-refractivity contribution in [2.24, 2.45) is 0 Å². The molecule has 0 amide bonds. The Morgan fingerprint density at radius 2 is 1.90 bits per heavy atom. The van der Waals surface area contributed by atoms with E-state index in [1.807, 2.05) is 31.0 Å². The summed E-state index contributed by atoms with van der Waals surface area (Å²) in [6.07, 6.45) is 1.81. The van der Waals surface area contributed by atoms with Gasteiger partial charge in [0.15, 0.2) is 0 Å². The fraction of sp³-hybridized carbons (Fsp3) is 0.500. The molecule has 0 aromatic heterocycles. The average molecular weight is 297 g/mol. The van der Waals surface area contributed by atoms with Gasteiger partial charge in [0, 0.05) is 36.7 Å². The first-order valence-corrected chi connectivity index (χ1v) is 8.56. The Morgan fingerprint density at radius 1 is 1.35 bits per heavy atom. The molecule has 1 aromatic rings. The van der Waals surface area contributed by atoms with Gasteiger partial charge < -0.3 is 16.0 Å². The fourth-order valence-electron chi connectivity index (χ4n) is 1.78. The normalized spacial score (nSPS) is 13.4. The number of nitrogens with two attached hydrogens (primary N) is 1. The van der Waals surface area contributed by atoms with Crippen LogP contribution in [0.25, 0.3) is 0 Å². The lowest BCUT2D eigenvalue weighted by Gasteiger charge is -2.24. The standard InChI is InChI=1S/C14H23N3O2S/c1-11(17(2)8-9-20(3,18)19)10-14(16)12-4-6-13(15)7-5-12/h4-7,11,16H,8-10,15H2,1-3H3/t11-/m1/s1. The number of anilines is 1. The van der Waals surface area contributed by atoms with Crippen LogP contribution in [0.3, 0.4) is 0 Å². The highest BCUT2D eigenvalue weighted by atomic mass is 32.2. The second-order valence-electron chi connectivity index (χ2n) is 5.26. The Hall–Kier alpha value is -1.40. The number of hydrogen-bond acceptors (Lipinski definition) is 5. The Bertz CT molecular complexity index is 552. The van der Waals surface area contributed by atoms with Crippen molar-refractivity contribution in [3.05, 3.63) is 29.8 Å². The maximum absolute atomic E-state index is 11.2.